The first-order valence-corrected chi connectivity index (χ1v) is 19.8. The Balaban J connectivity index is 4.59. The summed E-state index contributed by atoms with van der Waals surface area (Å²) >= 11 is 0. The highest BCUT2D eigenvalue weighted by Gasteiger charge is 2.41. The van der Waals surface area contributed by atoms with Crippen LogP contribution in [0.2, 0.25) is 58.9 Å². The summed E-state index contributed by atoms with van der Waals surface area (Å²) in [4.78, 5) is 0. The van der Waals surface area contributed by atoms with Crippen LogP contribution in [-0.2, 0) is 12.3 Å². The molecule has 104 valence electrons. The first-order chi connectivity index (χ1) is 7.12. The van der Waals surface area contributed by atoms with Crippen LogP contribution in [-0.4, -0.2) is 33.4 Å². The second-order valence-electron chi connectivity index (χ2n) is 6.95. The van der Waals surface area contributed by atoms with Gasteiger partial charge in [0.25, 0.3) is 0 Å². The van der Waals surface area contributed by atoms with E-state index in [1.54, 1.807) is 0 Å². The highest BCUT2D eigenvalue weighted by molar-refractivity contribution is 7.66. The summed E-state index contributed by atoms with van der Waals surface area (Å²) in [5.41, 5.74) is 0. The van der Waals surface area contributed by atoms with Crippen molar-refractivity contribution < 1.29 is 12.3 Å². The Labute approximate surface area is 113 Å². The molecule has 0 fully saturated rings. The third kappa shape index (κ3) is 10.8. The van der Waals surface area contributed by atoms with Gasteiger partial charge in [-0.3, -0.25) is 0 Å². The van der Waals surface area contributed by atoms with Crippen LogP contribution in [0.1, 0.15) is 0 Å². The molecular formula is C9H29O3PSi4. The minimum absolute atomic E-state index is 1.55. The Kier molecular flexibility index (Phi) is 6.05. The lowest BCUT2D eigenvalue weighted by atomic mass is 11.8. The van der Waals surface area contributed by atoms with E-state index in [0.717, 1.165) is 0 Å². The maximum absolute atomic E-state index is 6.24. The van der Waals surface area contributed by atoms with Gasteiger partial charge in [-0.2, -0.15) is 0 Å². The lowest BCUT2D eigenvalue weighted by Gasteiger charge is -2.39. The van der Waals surface area contributed by atoms with Crippen molar-refractivity contribution in [1.82, 2.24) is 0 Å². The van der Waals surface area contributed by atoms with Crippen LogP contribution in [0, 0.1) is 0 Å². The summed E-state index contributed by atoms with van der Waals surface area (Å²) in [6.45, 7) is 19.5. The van der Waals surface area contributed by atoms with Gasteiger partial charge in [0.15, 0.2) is 16.6 Å². The molecule has 2 atom stereocenters. The first kappa shape index (κ1) is 18.2. The van der Waals surface area contributed by atoms with Crippen LogP contribution in [0.3, 0.4) is 0 Å². The fourth-order valence-electron chi connectivity index (χ4n) is 1.88. The molecule has 0 bridgehead atoms. The van der Waals surface area contributed by atoms with Gasteiger partial charge in [0.2, 0.25) is 0 Å². The van der Waals surface area contributed by atoms with Crippen LogP contribution in [0.5, 0.6) is 0 Å². The minimum atomic E-state index is -2.14. The van der Waals surface area contributed by atoms with Gasteiger partial charge in [0, 0.05) is 0 Å². The third-order valence-electron chi connectivity index (χ3n) is 1.51. The molecule has 0 radical (unpaired) electrons. The largest absolute Gasteiger partial charge is 0.437 e. The molecule has 0 saturated heterocycles. The molecule has 0 N–H and O–H groups in total. The molecule has 0 aliphatic heterocycles. The van der Waals surface area contributed by atoms with Gasteiger partial charge in [-0.05, 0) is 58.9 Å². The van der Waals surface area contributed by atoms with Crippen molar-refractivity contribution in [2.24, 2.45) is 0 Å². The molecule has 0 rings (SSSR count). The lowest BCUT2D eigenvalue weighted by molar-refractivity contribution is 0.345. The summed E-state index contributed by atoms with van der Waals surface area (Å²) in [5.74, 6) is 0. The average molecular weight is 329 g/mol. The minimum Gasteiger partial charge on any atom is -0.437 e. The van der Waals surface area contributed by atoms with E-state index in [1.807, 2.05) is 0 Å². The predicted octanol–water partition coefficient (Wildman–Crippen LogP) is 3.85. The summed E-state index contributed by atoms with van der Waals surface area (Å²) < 4.78 is 18.6. The monoisotopic (exact) mass is 328 g/mol. The normalized spacial score (nSPS) is 18.0. The van der Waals surface area contributed by atoms with Crippen molar-refractivity contribution in [3.05, 3.63) is 0 Å². The number of hydrogen-bond acceptors (Lipinski definition) is 3. The van der Waals surface area contributed by atoms with Gasteiger partial charge in [-0.25, -0.2) is 0 Å². The van der Waals surface area contributed by atoms with Crippen molar-refractivity contribution in [2.75, 3.05) is 0 Å². The molecule has 3 nitrogen and oxygen atoms in total. The van der Waals surface area contributed by atoms with Gasteiger partial charge in [0.1, 0.15) is 0 Å². The van der Waals surface area contributed by atoms with Crippen LogP contribution in [0.4, 0.5) is 0 Å². The maximum Gasteiger partial charge on any atom is 0.335 e. The van der Waals surface area contributed by atoms with Crippen LogP contribution in [0.15, 0.2) is 0 Å². The summed E-state index contributed by atoms with van der Waals surface area (Å²) in [6, 6.07) is 0. The molecule has 0 heterocycles. The molecule has 0 aromatic carbocycles. The van der Waals surface area contributed by atoms with Crippen molar-refractivity contribution >= 4 is 42.2 Å². The Hall–Kier alpha value is 1.18. The van der Waals surface area contributed by atoms with E-state index in [0.29, 0.717) is 0 Å². The molecule has 8 heteroatoms. The molecule has 17 heavy (non-hydrogen) atoms. The van der Waals surface area contributed by atoms with E-state index in [4.69, 9.17) is 12.3 Å². The third-order valence-corrected chi connectivity index (χ3v) is 15.7. The van der Waals surface area contributed by atoms with E-state index in [1.165, 1.54) is 0 Å². The Morgan fingerprint density at radius 2 is 0.941 bits per heavy atom. The highest BCUT2D eigenvalue weighted by Crippen LogP contribution is 2.27. The fourth-order valence-corrected chi connectivity index (χ4v) is 23.4. The van der Waals surface area contributed by atoms with Gasteiger partial charge in [-0.15, -0.1) is 0 Å². The quantitative estimate of drug-likeness (QED) is 0.547. The summed E-state index contributed by atoms with van der Waals surface area (Å²) in [7, 11) is -4.50. The lowest BCUT2D eigenvalue weighted by Crippen LogP contribution is -2.54. The van der Waals surface area contributed by atoms with Crippen LogP contribution >= 0.6 is 8.79 Å². The average Bonchev–Trinajstić information content (AvgIpc) is 1.65. The second kappa shape index (κ2) is 5.66. The Bertz CT molecular complexity index is 232. The van der Waals surface area contributed by atoms with E-state index in [-0.39, 0.29) is 0 Å². The van der Waals surface area contributed by atoms with Crippen molar-refractivity contribution in [3.8, 4) is 0 Å². The maximum atomic E-state index is 6.24. The molecular weight excluding hydrogens is 299 g/mol. The second-order valence-corrected chi connectivity index (χ2v) is 25.8. The van der Waals surface area contributed by atoms with E-state index in [9.17, 15) is 0 Å². The van der Waals surface area contributed by atoms with Gasteiger partial charge in [-0.1, -0.05) is 8.79 Å². The van der Waals surface area contributed by atoms with E-state index >= 15 is 0 Å². The molecule has 0 saturated carbocycles. The van der Waals surface area contributed by atoms with Gasteiger partial charge in [0.05, 0.1) is 0 Å². The van der Waals surface area contributed by atoms with Gasteiger partial charge >= 0.3 is 16.8 Å². The number of hydrogen-bond donors (Lipinski definition) is 0. The zero-order valence-corrected chi connectivity index (χ0v) is 18.0. The Morgan fingerprint density at radius 3 is 1.24 bits per heavy atom. The highest BCUT2D eigenvalue weighted by atomic mass is 31.3. The van der Waals surface area contributed by atoms with Crippen molar-refractivity contribution in [2.45, 2.75) is 58.9 Å². The zero-order valence-electron chi connectivity index (χ0n) is 12.8. The fraction of sp³-hybridized carbons (Fsp3) is 1.00. The van der Waals surface area contributed by atoms with E-state index in [2.05, 4.69) is 67.7 Å². The van der Waals surface area contributed by atoms with Crippen molar-refractivity contribution in [1.29, 1.82) is 0 Å². The van der Waals surface area contributed by atoms with Crippen LogP contribution in [0.25, 0.3) is 0 Å². The zero-order chi connectivity index (χ0) is 14.1. The topological polar surface area (TPSA) is 27.7 Å². The molecule has 2 unspecified atom stereocenters. The Morgan fingerprint density at radius 1 is 0.588 bits per heavy atom. The van der Waals surface area contributed by atoms with Crippen LogP contribution < -0.4 is 0 Å². The number of rotatable bonds is 6. The molecule has 0 aromatic heterocycles. The van der Waals surface area contributed by atoms with Crippen molar-refractivity contribution in [3.63, 3.8) is 0 Å². The smallest absolute Gasteiger partial charge is 0.335 e. The standard InChI is InChI=1S/C9H29O3PSi4/c1-14(2,3)10-16(7,8)12-17(9,13)11-15(4,5)6/h13H2,1-9H3. The molecule has 0 aliphatic rings. The first-order valence-electron chi connectivity index (χ1n) is 6.01. The van der Waals surface area contributed by atoms with E-state index < -0.39 is 33.4 Å². The predicted molar refractivity (Wildman–Crippen MR) is 88.8 cm³/mol. The molecule has 0 amide bonds. The summed E-state index contributed by atoms with van der Waals surface area (Å²) in [5, 5.41) is 0. The molecule has 0 aromatic rings. The molecule has 0 aliphatic carbocycles. The molecule has 0 spiro atoms. The SMILES string of the molecule is C[Si](C)(C)O[Si](C)(C)O[Si](C)(P)O[Si](C)(C)C. The summed E-state index contributed by atoms with van der Waals surface area (Å²) in [6.07, 6.45) is 0. The van der Waals surface area contributed by atoms with Gasteiger partial charge < -0.3 is 12.3 Å².